The van der Waals surface area contributed by atoms with E-state index in [-0.39, 0.29) is 12.4 Å². The van der Waals surface area contributed by atoms with Gasteiger partial charge in [-0.1, -0.05) is 18.2 Å². The summed E-state index contributed by atoms with van der Waals surface area (Å²) in [5.41, 5.74) is 0.0696. The predicted octanol–water partition coefficient (Wildman–Crippen LogP) is 3.88. The van der Waals surface area contributed by atoms with Crippen molar-refractivity contribution >= 4 is 5.97 Å². The van der Waals surface area contributed by atoms with Gasteiger partial charge in [0.25, 0.3) is 0 Å². The number of benzene rings is 2. The Bertz CT molecular complexity index is 930. The van der Waals surface area contributed by atoms with Crippen LogP contribution in [0, 0.1) is 22.6 Å². The van der Waals surface area contributed by atoms with E-state index in [0.29, 0.717) is 35.1 Å². The van der Waals surface area contributed by atoms with Crippen LogP contribution in [0.4, 0.5) is 4.39 Å². The van der Waals surface area contributed by atoms with E-state index in [2.05, 4.69) is 0 Å². The molecule has 0 heterocycles. The van der Waals surface area contributed by atoms with Gasteiger partial charge in [0.05, 0.1) is 23.7 Å². The van der Waals surface area contributed by atoms with Gasteiger partial charge in [-0.25, -0.2) is 4.39 Å². The van der Waals surface area contributed by atoms with Crippen LogP contribution in [0.2, 0.25) is 0 Å². The zero-order valence-corrected chi connectivity index (χ0v) is 19.4. The normalized spacial score (nSPS) is 13.0. The Kier molecular flexibility index (Phi) is 9.98. The number of aliphatic carboxylic acids is 1. The molecule has 0 bridgehead atoms. The van der Waals surface area contributed by atoms with Gasteiger partial charge in [0, 0.05) is 0 Å². The summed E-state index contributed by atoms with van der Waals surface area (Å²) in [7, 11) is 3.91. The van der Waals surface area contributed by atoms with E-state index in [4.69, 9.17) is 10.4 Å². The van der Waals surface area contributed by atoms with Gasteiger partial charge in [-0.3, -0.25) is 4.79 Å². The highest BCUT2D eigenvalue weighted by Gasteiger charge is 2.33. The smallest absolute Gasteiger partial charge is 0.308 e. The van der Waals surface area contributed by atoms with Gasteiger partial charge in [0.1, 0.15) is 11.4 Å². The van der Waals surface area contributed by atoms with Gasteiger partial charge in [-0.2, -0.15) is 5.26 Å². The molecule has 2 aromatic carbocycles. The first-order valence-corrected chi connectivity index (χ1v) is 10.4. The van der Waals surface area contributed by atoms with Crippen molar-refractivity contribution in [2.45, 2.75) is 45.8 Å². The highest BCUT2D eigenvalue weighted by atomic mass is 19.1. The largest absolute Gasteiger partial charge is 0.481 e. The van der Waals surface area contributed by atoms with Crippen LogP contribution in [0.15, 0.2) is 42.5 Å². The highest BCUT2D eigenvalue weighted by Crippen LogP contribution is 2.36. The molecule has 0 radical (unpaired) electrons. The molecule has 2 rings (SSSR count). The summed E-state index contributed by atoms with van der Waals surface area (Å²) < 4.78 is 13.3. The van der Waals surface area contributed by atoms with E-state index in [9.17, 15) is 19.4 Å². The average Bonchev–Trinajstić information content (AvgIpc) is 2.73. The molecule has 0 aliphatic heterocycles. The quantitative estimate of drug-likeness (QED) is 0.599. The molecule has 0 spiro atoms. The number of nitrogens with zero attached hydrogens (tertiary/aromatic N) is 2. The van der Waals surface area contributed by atoms with Crippen LogP contribution in [0.3, 0.4) is 0 Å². The minimum Gasteiger partial charge on any atom is -0.481 e. The number of carbonyl (C=O) groups is 1. The molecule has 32 heavy (non-hydrogen) atoms. The van der Waals surface area contributed by atoms with E-state index in [1.165, 1.54) is 12.1 Å². The van der Waals surface area contributed by atoms with Crippen LogP contribution in [0.1, 0.15) is 55.9 Å². The second kappa shape index (κ2) is 11.7. The molecule has 0 fully saturated rings. The number of aliphatic hydroxyl groups excluding tert-OH is 1. The molecule has 6 nitrogen and oxygen atoms in total. The number of aliphatic hydroxyl groups is 2. The first-order chi connectivity index (χ1) is 14.8. The number of carboxylic acids is 1. The van der Waals surface area contributed by atoms with Gasteiger partial charge in [0.2, 0.25) is 0 Å². The lowest BCUT2D eigenvalue weighted by Crippen LogP contribution is -2.30. The lowest BCUT2D eigenvalue weighted by atomic mass is 9.80. The first kappa shape index (κ1) is 27.2. The average molecular weight is 445 g/mol. The monoisotopic (exact) mass is 444 g/mol. The van der Waals surface area contributed by atoms with Crippen LogP contribution in [-0.4, -0.2) is 46.8 Å². The summed E-state index contributed by atoms with van der Waals surface area (Å²) in [5, 5.41) is 38.5. The van der Waals surface area contributed by atoms with Crippen LogP contribution in [0.25, 0.3) is 0 Å². The number of halogens is 1. The number of carboxylic acid groups (broad SMARTS) is 1. The summed E-state index contributed by atoms with van der Waals surface area (Å²) in [6.07, 6.45) is 1.13. The molecule has 1 unspecified atom stereocenters. The van der Waals surface area contributed by atoms with E-state index in [1.54, 1.807) is 51.1 Å². The fourth-order valence-corrected chi connectivity index (χ4v) is 3.01. The Labute approximate surface area is 189 Å². The Morgan fingerprint density at radius 1 is 1.12 bits per heavy atom. The van der Waals surface area contributed by atoms with E-state index in [1.807, 2.05) is 25.1 Å². The maximum Gasteiger partial charge on any atom is 0.308 e. The van der Waals surface area contributed by atoms with Gasteiger partial charge < -0.3 is 20.2 Å². The zero-order valence-electron chi connectivity index (χ0n) is 19.4. The van der Waals surface area contributed by atoms with Crippen molar-refractivity contribution in [1.82, 2.24) is 4.90 Å². The van der Waals surface area contributed by atoms with Crippen LogP contribution in [0.5, 0.6) is 0 Å². The maximum atomic E-state index is 13.3. The van der Waals surface area contributed by atoms with Crippen molar-refractivity contribution in [3.8, 4) is 6.07 Å². The molecule has 174 valence electrons. The number of rotatable bonds is 7. The van der Waals surface area contributed by atoms with Gasteiger partial charge in [-0.15, -0.1) is 0 Å². The van der Waals surface area contributed by atoms with Gasteiger partial charge in [0.15, 0.2) is 0 Å². The zero-order chi connectivity index (χ0) is 24.5. The molecule has 0 saturated heterocycles. The van der Waals surface area contributed by atoms with E-state index in [0.717, 1.165) is 6.54 Å². The highest BCUT2D eigenvalue weighted by molar-refractivity contribution is 5.72. The molecule has 0 amide bonds. The summed E-state index contributed by atoms with van der Waals surface area (Å²) in [5.74, 6) is -1.13. The standard InChI is InChI=1S/C20H23FN2O2.C5H10O2/c1-23(2)11-3-10-20(25,17-5-7-18(21)8-6-17)19-9-4-15(13-22)12-16(19)14-24;1-5(2,3)4(6)7/h4-9,12,24-25H,3,10-11,14H2,1-2H3;1-3H3,(H,6,7). The van der Waals surface area contributed by atoms with E-state index < -0.39 is 17.0 Å². The maximum absolute atomic E-state index is 13.3. The number of hydrogen-bond acceptors (Lipinski definition) is 5. The molecule has 2 aromatic rings. The predicted molar refractivity (Wildman–Crippen MR) is 121 cm³/mol. The second-order valence-electron chi connectivity index (χ2n) is 8.97. The summed E-state index contributed by atoms with van der Waals surface area (Å²) in [6.45, 7) is 5.48. The number of nitriles is 1. The van der Waals surface area contributed by atoms with E-state index >= 15 is 0 Å². The molecule has 0 aliphatic rings. The second-order valence-corrected chi connectivity index (χ2v) is 8.97. The Hall–Kier alpha value is -2.79. The molecule has 0 aromatic heterocycles. The van der Waals surface area contributed by atoms with Crippen molar-refractivity contribution in [2.75, 3.05) is 20.6 Å². The van der Waals surface area contributed by atoms with Crippen molar-refractivity contribution in [1.29, 1.82) is 5.26 Å². The summed E-state index contributed by atoms with van der Waals surface area (Å²) in [6, 6.07) is 12.7. The third-order valence-electron chi connectivity index (χ3n) is 4.96. The van der Waals surface area contributed by atoms with Gasteiger partial charge >= 0.3 is 5.97 Å². The fraction of sp³-hybridized carbons (Fsp3) is 0.440. The fourth-order valence-electron chi connectivity index (χ4n) is 3.01. The molecule has 3 N–H and O–H groups in total. The van der Waals surface area contributed by atoms with Crippen LogP contribution < -0.4 is 0 Å². The molecule has 0 aliphatic carbocycles. The van der Waals surface area contributed by atoms with Crippen LogP contribution >= 0.6 is 0 Å². The molecule has 0 saturated carbocycles. The summed E-state index contributed by atoms with van der Waals surface area (Å²) in [4.78, 5) is 12.0. The molecule has 7 heteroatoms. The Morgan fingerprint density at radius 2 is 1.69 bits per heavy atom. The van der Waals surface area contributed by atoms with Crippen molar-refractivity contribution in [2.24, 2.45) is 5.41 Å². The van der Waals surface area contributed by atoms with Crippen molar-refractivity contribution in [3.05, 3.63) is 70.5 Å². The third kappa shape index (κ3) is 7.72. The van der Waals surface area contributed by atoms with Crippen molar-refractivity contribution < 1.29 is 24.5 Å². The van der Waals surface area contributed by atoms with Crippen molar-refractivity contribution in [3.63, 3.8) is 0 Å². The SMILES string of the molecule is CC(C)(C)C(=O)O.CN(C)CCCC(O)(c1ccc(F)cc1)c1ccc(C#N)cc1CO. The summed E-state index contributed by atoms with van der Waals surface area (Å²) >= 11 is 0. The van der Waals surface area contributed by atoms with Crippen LogP contribution in [-0.2, 0) is 17.0 Å². The Morgan fingerprint density at radius 3 is 2.12 bits per heavy atom. The minimum atomic E-state index is -1.37. The number of hydrogen-bond donors (Lipinski definition) is 3. The molecule has 1 atom stereocenters. The topological polar surface area (TPSA) is 105 Å². The molecular formula is C25H33FN2O4. The van der Waals surface area contributed by atoms with Gasteiger partial charge in [-0.05, 0) is 95.2 Å². The first-order valence-electron chi connectivity index (χ1n) is 10.4. The molecular weight excluding hydrogens is 411 g/mol. The third-order valence-corrected chi connectivity index (χ3v) is 4.96. The minimum absolute atomic E-state index is 0.290. The lowest BCUT2D eigenvalue weighted by Gasteiger charge is -2.32. The lowest BCUT2D eigenvalue weighted by molar-refractivity contribution is -0.145. The Balaban J connectivity index is 0.000000633.